The maximum atomic E-state index is 12.2. The molecule has 122 valence electrons. The van der Waals surface area contributed by atoms with Crippen molar-refractivity contribution in [1.29, 1.82) is 0 Å². The van der Waals surface area contributed by atoms with Crippen LogP contribution in [0, 0.1) is 0 Å². The minimum atomic E-state index is -0.0164. The molecule has 0 spiro atoms. The number of piperazine rings is 1. The Morgan fingerprint density at radius 2 is 1.91 bits per heavy atom. The Labute approximate surface area is 132 Å². The number of hydrogen-bond acceptors (Lipinski definition) is 4. The van der Waals surface area contributed by atoms with Gasteiger partial charge in [-0.05, 0) is 6.07 Å². The van der Waals surface area contributed by atoms with Crippen molar-refractivity contribution in [2.75, 3.05) is 53.6 Å². The summed E-state index contributed by atoms with van der Waals surface area (Å²) >= 11 is 0. The molecule has 1 saturated heterocycles. The van der Waals surface area contributed by atoms with Gasteiger partial charge in [0.15, 0.2) is 0 Å². The van der Waals surface area contributed by atoms with Crippen LogP contribution < -0.4 is 10.1 Å². The van der Waals surface area contributed by atoms with Gasteiger partial charge >= 0.3 is 6.03 Å². The fourth-order valence-electron chi connectivity index (χ4n) is 2.53. The van der Waals surface area contributed by atoms with Gasteiger partial charge in [0.1, 0.15) is 5.75 Å². The Morgan fingerprint density at radius 1 is 1.18 bits per heavy atom. The van der Waals surface area contributed by atoms with Crippen molar-refractivity contribution in [3.8, 4) is 5.75 Å². The van der Waals surface area contributed by atoms with Crippen molar-refractivity contribution >= 4 is 6.03 Å². The molecule has 0 unspecified atom stereocenters. The van der Waals surface area contributed by atoms with Crippen LogP contribution in [0.2, 0.25) is 0 Å². The summed E-state index contributed by atoms with van der Waals surface area (Å²) in [5, 5.41) is 2.97. The number of hydrogen-bond donors (Lipinski definition) is 1. The zero-order valence-corrected chi connectivity index (χ0v) is 13.4. The van der Waals surface area contributed by atoms with Crippen molar-refractivity contribution in [2.24, 2.45) is 0 Å². The number of rotatable bonds is 6. The van der Waals surface area contributed by atoms with E-state index in [0.717, 1.165) is 50.6 Å². The highest BCUT2D eigenvalue weighted by molar-refractivity contribution is 5.74. The summed E-state index contributed by atoms with van der Waals surface area (Å²) in [7, 11) is 3.35. The lowest BCUT2D eigenvalue weighted by Gasteiger charge is -2.34. The van der Waals surface area contributed by atoms with E-state index in [1.807, 2.05) is 29.2 Å². The molecule has 1 aliphatic rings. The van der Waals surface area contributed by atoms with Gasteiger partial charge in [-0.15, -0.1) is 0 Å². The quantitative estimate of drug-likeness (QED) is 0.857. The van der Waals surface area contributed by atoms with E-state index in [1.54, 1.807) is 14.2 Å². The molecular formula is C16H25N3O3. The van der Waals surface area contributed by atoms with Crippen LogP contribution in [0.25, 0.3) is 0 Å². The maximum Gasteiger partial charge on any atom is 0.317 e. The number of urea groups is 1. The minimum absolute atomic E-state index is 0.0164. The summed E-state index contributed by atoms with van der Waals surface area (Å²) in [5.74, 6) is 0.798. The molecule has 0 saturated carbocycles. The van der Waals surface area contributed by atoms with E-state index in [4.69, 9.17) is 9.47 Å². The molecule has 1 fully saturated rings. The zero-order chi connectivity index (χ0) is 15.8. The van der Waals surface area contributed by atoms with Gasteiger partial charge in [-0.2, -0.15) is 0 Å². The van der Waals surface area contributed by atoms with E-state index in [-0.39, 0.29) is 6.03 Å². The second-order valence-corrected chi connectivity index (χ2v) is 5.29. The fraction of sp³-hybridized carbons (Fsp3) is 0.562. The van der Waals surface area contributed by atoms with Gasteiger partial charge in [-0.25, -0.2) is 4.79 Å². The van der Waals surface area contributed by atoms with Gasteiger partial charge in [0, 0.05) is 51.9 Å². The molecular weight excluding hydrogens is 282 g/mol. The molecule has 1 aromatic rings. The highest BCUT2D eigenvalue weighted by atomic mass is 16.5. The van der Waals surface area contributed by atoms with Gasteiger partial charge < -0.3 is 19.7 Å². The zero-order valence-electron chi connectivity index (χ0n) is 13.4. The number of carbonyl (C=O) groups is 1. The largest absolute Gasteiger partial charge is 0.496 e. The Bertz CT molecular complexity index is 473. The molecule has 6 heteroatoms. The third kappa shape index (κ3) is 4.61. The molecule has 0 aliphatic carbocycles. The summed E-state index contributed by atoms with van der Waals surface area (Å²) in [4.78, 5) is 16.4. The number of benzene rings is 1. The molecule has 0 aromatic heterocycles. The molecule has 1 N–H and O–H groups in total. The Balaban J connectivity index is 1.76. The Hall–Kier alpha value is -1.79. The van der Waals surface area contributed by atoms with E-state index >= 15 is 0 Å². The lowest BCUT2D eigenvalue weighted by atomic mass is 10.2. The summed E-state index contributed by atoms with van der Waals surface area (Å²) in [6, 6.07) is 7.71. The van der Waals surface area contributed by atoms with Gasteiger partial charge in [0.05, 0.1) is 13.7 Å². The van der Waals surface area contributed by atoms with Crippen LogP contribution in [0.1, 0.15) is 5.56 Å². The molecule has 1 heterocycles. The van der Waals surface area contributed by atoms with Gasteiger partial charge in [0.2, 0.25) is 0 Å². The first-order valence-corrected chi connectivity index (χ1v) is 7.60. The standard InChI is InChI=1S/C16H25N3O3/c1-21-12-11-18-7-9-19(10-8-18)16(20)17-13-14-5-3-4-6-15(14)22-2/h3-6H,7-13H2,1-2H3,(H,17,20). The number of carbonyl (C=O) groups excluding carboxylic acids is 1. The van der Waals surface area contributed by atoms with Crippen molar-refractivity contribution in [3.05, 3.63) is 29.8 Å². The van der Waals surface area contributed by atoms with Crippen molar-refractivity contribution in [1.82, 2.24) is 15.1 Å². The van der Waals surface area contributed by atoms with E-state index in [1.165, 1.54) is 0 Å². The fourth-order valence-corrected chi connectivity index (χ4v) is 2.53. The second-order valence-electron chi connectivity index (χ2n) is 5.29. The molecule has 0 radical (unpaired) electrons. The highest BCUT2D eigenvalue weighted by Gasteiger charge is 2.20. The number of para-hydroxylation sites is 1. The summed E-state index contributed by atoms with van der Waals surface area (Å²) in [6.07, 6.45) is 0. The predicted octanol–water partition coefficient (Wildman–Crippen LogP) is 1.17. The minimum Gasteiger partial charge on any atom is -0.496 e. The van der Waals surface area contributed by atoms with Crippen LogP contribution in [-0.2, 0) is 11.3 Å². The molecule has 2 amide bonds. The highest BCUT2D eigenvalue weighted by Crippen LogP contribution is 2.16. The van der Waals surface area contributed by atoms with E-state index < -0.39 is 0 Å². The number of ether oxygens (including phenoxy) is 2. The smallest absolute Gasteiger partial charge is 0.317 e. The molecule has 0 bridgehead atoms. The number of methoxy groups -OCH3 is 2. The third-order valence-corrected chi connectivity index (χ3v) is 3.89. The molecule has 0 atom stereocenters. The van der Waals surface area contributed by atoms with Crippen LogP contribution >= 0.6 is 0 Å². The molecule has 1 aromatic carbocycles. The van der Waals surface area contributed by atoms with Crippen molar-refractivity contribution in [2.45, 2.75) is 6.54 Å². The lowest BCUT2D eigenvalue weighted by molar-refractivity contribution is 0.106. The maximum absolute atomic E-state index is 12.2. The SMILES string of the molecule is COCCN1CCN(C(=O)NCc2ccccc2OC)CC1. The monoisotopic (exact) mass is 307 g/mol. The van der Waals surface area contributed by atoms with Crippen LogP contribution in [-0.4, -0.2) is 69.4 Å². The molecule has 6 nitrogen and oxygen atoms in total. The van der Waals surface area contributed by atoms with Crippen molar-refractivity contribution < 1.29 is 14.3 Å². The second kappa shape index (κ2) is 8.60. The summed E-state index contributed by atoms with van der Waals surface area (Å²) < 4.78 is 10.4. The Morgan fingerprint density at radius 3 is 2.59 bits per heavy atom. The third-order valence-electron chi connectivity index (χ3n) is 3.89. The van der Waals surface area contributed by atoms with Crippen LogP contribution in [0.3, 0.4) is 0 Å². The van der Waals surface area contributed by atoms with Crippen LogP contribution in [0.15, 0.2) is 24.3 Å². The summed E-state index contributed by atoms with van der Waals surface area (Å²) in [5.41, 5.74) is 0.983. The molecule has 22 heavy (non-hydrogen) atoms. The topological polar surface area (TPSA) is 54.0 Å². The van der Waals surface area contributed by atoms with Gasteiger partial charge in [-0.3, -0.25) is 4.90 Å². The average molecular weight is 307 g/mol. The number of nitrogens with zero attached hydrogens (tertiary/aromatic N) is 2. The van der Waals surface area contributed by atoms with Gasteiger partial charge in [0.25, 0.3) is 0 Å². The summed E-state index contributed by atoms with van der Waals surface area (Å²) in [6.45, 7) is 5.43. The van der Waals surface area contributed by atoms with E-state index in [0.29, 0.717) is 6.54 Å². The first kappa shape index (κ1) is 16.6. The number of amides is 2. The molecule has 2 rings (SSSR count). The van der Waals surface area contributed by atoms with Crippen LogP contribution in [0.4, 0.5) is 4.79 Å². The average Bonchev–Trinajstić information content (AvgIpc) is 2.58. The molecule has 1 aliphatic heterocycles. The predicted molar refractivity (Wildman–Crippen MR) is 85.1 cm³/mol. The normalized spacial score (nSPS) is 15.6. The van der Waals surface area contributed by atoms with E-state index in [9.17, 15) is 4.79 Å². The first-order chi connectivity index (χ1) is 10.7. The van der Waals surface area contributed by atoms with Crippen molar-refractivity contribution in [3.63, 3.8) is 0 Å². The number of nitrogens with one attached hydrogen (secondary N) is 1. The van der Waals surface area contributed by atoms with Crippen LogP contribution in [0.5, 0.6) is 5.75 Å². The lowest BCUT2D eigenvalue weighted by Crippen LogP contribution is -2.52. The first-order valence-electron chi connectivity index (χ1n) is 7.60. The van der Waals surface area contributed by atoms with Gasteiger partial charge in [-0.1, -0.05) is 18.2 Å². The van der Waals surface area contributed by atoms with E-state index in [2.05, 4.69) is 10.2 Å². The Kier molecular flexibility index (Phi) is 6.48.